The van der Waals surface area contributed by atoms with Gasteiger partial charge in [-0.05, 0) is 63.1 Å². The molecule has 0 saturated carbocycles. The van der Waals surface area contributed by atoms with E-state index in [0.29, 0.717) is 5.56 Å². The van der Waals surface area contributed by atoms with Crippen molar-refractivity contribution in [1.82, 2.24) is 19.4 Å². The quantitative estimate of drug-likeness (QED) is 0.652. The fourth-order valence-electron chi connectivity index (χ4n) is 5.09. The highest BCUT2D eigenvalue weighted by molar-refractivity contribution is 6.11. The van der Waals surface area contributed by atoms with Crippen LogP contribution in [-0.4, -0.2) is 58.1 Å². The first-order chi connectivity index (χ1) is 16.0. The second-order valence-corrected chi connectivity index (χ2v) is 9.35. The Hall–Kier alpha value is -2.93. The molecule has 0 bridgehead atoms. The zero-order chi connectivity index (χ0) is 22.9. The molecule has 2 aliphatic heterocycles. The molecule has 3 aromatic rings. The Labute approximate surface area is 195 Å². The van der Waals surface area contributed by atoms with Crippen LogP contribution < -0.4 is 10.2 Å². The van der Waals surface area contributed by atoms with Crippen LogP contribution in [0.15, 0.2) is 24.3 Å². The predicted octanol–water partition coefficient (Wildman–Crippen LogP) is 4.17. The zero-order valence-corrected chi connectivity index (χ0v) is 20.0. The van der Waals surface area contributed by atoms with E-state index in [-0.39, 0.29) is 5.91 Å². The summed E-state index contributed by atoms with van der Waals surface area (Å²) in [6.45, 7) is 12.5. The van der Waals surface area contributed by atoms with Crippen LogP contribution in [-0.2, 0) is 13.0 Å². The van der Waals surface area contributed by atoms with Crippen LogP contribution >= 0.6 is 0 Å². The number of nitrogens with zero attached hydrogens (tertiary/aromatic N) is 5. The van der Waals surface area contributed by atoms with Gasteiger partial charge in [0.1, 0.15) is 11.3 Å². The monoisotopic (exact) mass is 446 g/mol. The lowest BCUT2D eigenvalue weighted by molar-refractivity contribution is 0.102. The molecule has 174 valence electrons. The summed E-state index contributed by atoms with van der Waals surface area (Å²) < 4.78 is 2.21. The number of carbonyl (C=O) groups excluding carboxylic acids is 1. The van der Waals surface area contributed by atoms with Gasteiger partial charge in [-0.1, -0.05) is 13.3 Å². The maximum Gasteiger partial charge on any atom is 0.258 e. The summed E-state index contributed by atoms with van der Waals surface area (Å²) in [7, 11) is 0. The molecule has 0 spiro atoms. The molecule has 0 radical (unpaired) electrons. The lowest BCUT2D eigenvalue weighted by atomic mass is 10.1. The highest BCUT2D eigenvalue weighted by atomic mass is 16.1. The first-order valence-electron chi connectivity index (χ1n) is 12.3. The van der Waals surface area contributed by atoms with E-state index in [9.17, 15) is 4.79 Å². The van der Waals surface area contributed by atoms with Crippen LogP contribution in [0.25, 0.3) is 11.2 Å². The first kappa shape index (κ1) is 21.9. The molecule has 7 heteroatoms. The third-order valence-electron chi connectivity index (χ3n) is 7.08. The lowest BCUT2D eigenvalue weighted by Crippen LogP contribution is -2.46. The van der Waals surface area contributed by atoms with Crippen molar-refractivity contribution in [2.45, 2.75) is 53.0 Å². The van der Waals surface area contributed by atoms with Crippen LogP contribution in [0.2, 0.25) is 0 Å². The van der Waals surface area contributed by atoms with Gasteiger partial charge >= 0.3 is 0 Å². The maximum absolute atomic E-state index is 13.4. The largest absolute Gasteiger partial charge is 0.369 e. The Balaban J connectivity index is 1.39. The van der Waals surface area contributed by atoms with Crippen molar-refractivity contribution in [1.29, 1.82) is 0 Å². The third-order valence-corrected chi connectivity index (χ3v) is 7.08. The Bertz CT molecular complexity index is 1180. The molecular weight excluding hydrogens is 412 g/mol. The molecule has 1 aromatic carbocycles. The number of rotatable bonds is 4. The van der Waals surface area contributed by atoms with E-state index in [4.69, 9.17) is 9.97 Å². The summed E-state index contributed by atoms with van der Waals surface area (Å²) in [5.74, 6) is 0.935. The number of amides is 1. The number of hydrogen-bond acceptors (Lipinski definition) is 5. The number of carbonyl (C=O) groups is 1. The summed E-state index contributed by atoms with van der Waals surface area (Å²) in [4.78, 5) is 27.9. The minimum absolute atomic E-state index is 0.119. The van der Waals surface area contributed by atoms with E-state index in [1.54, 1.807) is 0 Å². The molecule has 1 amide bonds. The minimum atomic E-state index is -0.119. The Morgan fingerprint density at radius 2 is 1.82 bits per heavy atom. The van der Waals surface area contributed by atoms with Gasteiger partial charge in [0.05, 0.1) is 5.56 Å². The van der Waals surface area contributed by atoms with Gasteiger partial charge in [-0.15, -0.1) is 0 Å². The van der Waals surface area contributed by atoms with Crippen LogP contribution in [0, 0.1) is 13.8 Å². The molecule has 4 heterocycles. The number of pyridine rings is 1. The van der Waals surface area contributed by atoms with Gasteiger partial charge in [-0.3, -0.25) is 4.79 Å². The number of benzene rings is 1. The molecule has 0 atom stereocenters. The molecule has 33 heavy (non-hydrogen) atoms. The number of piperazine rings is 1. The van der Waals surface area contributed by atoms with E-state index in [1.807, 2.05) is 19.1 Å². The van der Waals surface area contributed by atoms with Gasteiger partial charge < -0.3 is 19.7 Å². The summed E-state index contributed by atoms with van der Waals surface area (Å²) in [6, 6.07) is 8.20. The van der Waals surface area contributed by atoms with Crippen LogP contribution in [0.5, 0.6) is 0 Å². The lowest BCUT2D eigenvalue weighted by Gasteiger charge is -2.35. The number of imidazole rings is 1. The third kappa shape index (κ3) is 4.34. The average molecular weight is 447 g/mol. The number of fused-ring (bicyclic) bond motifs is 3. The van der Waals surface area contributed by atoms with Gasteiger partial charge in [0.15, 0.2) is 5.65 Å². The topological polar surface area (TPSA) is 66.3 Å². The number of anilines is 2. The summed E-state index contributed by atoms with van der Waals surface area (Å²) >= 11 is 0. The fraction of sp³-hybridized carbons (Fsp3) is 0.500. The van der Waals surface area contributed by atoms with Crippen molar-refractivity contribution >= 4 is 28.4 Å². The van der Waals surface area contributed by atoms with Crippen molar-refractivity contribution in [3.05, 3.63) is 46.9 Å². The normalized spacial score (nSPS) is 17.1. The van der Waals surface area contributed by atoms with Crippen molar-refractivity contribution in [3.8, 4) is 0 Å². The van der Waals surface area contributed by atoms with Crippen molar-refractivity contribution in [2.75, 3.05) is 42.9 Å². The highest BCUT2D eigenvalue weighted by Crippen LogP contribution is 2.27. The smallest absolute Gasteiger partial charge is 0.258 e. The zero-order valence-electron chi connectivity index (χ0n) is 20.0. The second kappa shape index (κ2) is 9.14. The number of aryl methyl sites for hydroxylation is 4. The summed E-state index contributed by atoms with van der Waals surface area (Å²) in [5.41, 5.74) is 6.16. The van der Waals surface area contributed by atoms with Crippen molar-refractivity contribution in [3.63, 3.8) is 0 Å². The molecule has 2 aromatic heterocycles. The molecule has 0 unspecified atom stereocenters. The van der Waals surface area contributed by atoms with E-state index in [2.05, 4.69) is 45.7 Å². The van der Waals surface area contributed by atoms with Gasteiger partial charge in [-0.25, -0.2) is 9.97 Å². The Morgan fingerprint density at radius 1 is 1.00 bits per heavy atom. The molecule has 7 nitrogen and oxygen atoms in total. The van der Waals surface area contributed by atoms with Crippen LogP contribution in [0.1, 0.15) is 53.6 Å². The minimum Gasteiger partial charge on any atom is -0.369 e. The molecule has 2 aliphatic rings. The molecule has 1 saturated heterocycles. The van der Waals surface area contributed by atoms with Crippen LogP contribution in [0.4, 0.5) is 11.4 Å². The predicted molar refractivity (Wildman–Crippen MR) is 133 cm³/mol. The molecule has 0 aliphatic carbocycles. The summed E-state index contributed by atoms with van der Waals surface area (Å²) in [6.07, 6.45) is 4.44. The SMILES string of the molecule is CCN1CCN(c2ccc(NC(=O)c3cc(C)nc4c3nc3n4CCCCC3)c(C)c2)CC1. The van der Waals surface area contributed by atoms with Gasteiger partial charge in [-0.2, -0.15) is 0 Å². The van der Waals surface area contributed by atoms with Gasteiger partial charge in [0, 0.05) is 56.2 Å². The molecule has 1 N–H and O–H groups in total. The first-order valence-corrected chi connectivity index (χ1v) is 12.3. The van der Waals surface area contributed by atoms with Gasteiger partial charge in [0.25, 0.3) is 5.91 Å². The number of likely N-dealkylation sites (N-methyl/N-ethyl adjacent to an activating group) is 1. The number of nitrogens with one attached hydrogen (secondary N) is 1. The summed E-state index contributed by atoms with van der Waals surface area (Å²) in [5, 5.41) is 3.14. The molecule has 5 rings (SSSR count). The highest BCUT2D eigenvalue weighted by Gasteiger charge is 2.22. The van der Waals surface area contributed by atoms with E-state index in [1.165, 1.54) is 12.1 Å². The molecular formula is C26H34N6O. The Kier molecular flexibility index (Phi) is 6.06. The van der Waals surface area contributed by atoms with Gasteiger partial charge in [0.2, 0.25) is 0 Å². The standard InChI is InChI=1S/C26H34N6O/c1-4-30-12-14-31(15-13-30)20-9-10-22(18(2)16-20)28-26(33)21-17-19(3)27-25-24(21)29-23-8-6-5-7-11-32(23)25/h9-10,16-17H,4-8,11-15H2,1-3H3,(H,28,33). The van der Waals surface area contributed by atoms with E-state index >= 15 is 0 Å². The number of hydrogen-bond donors (Lipinski definition) is 1. The Morgan fingerprint density at radius 3 is 2.58 bits per heavy atom. The maximum atomic E-state index is 13.4. The van der Waals surface area contributed by atoms with E-state index in [0.717, 1.165) is 92.5 Å². The van der Waals surface area contributed by atoms with Crippen molar-refractivity contribution in [2.24, 2.45) is 0 Å². The van der Waals surface area contributed by atoms with Crippen molar-refractivity contribution < 1.29 is 4.79 Å². The second-order valence-electron chi connectivity index (χ2n) is 9.35. The average Bonchev–Trinajstić information content (AvgIpc) is 3.00. The van der Waals surface area contributed by atoms with Crippen LogP contribution in [0.3, 0.4) is 0 Å². The number of aromatic nitrogens is 3. The van der Waals surface area contributed by atoms with E-state index < -0.39 is 0 Å². The molecule has 1 fully saturated rings. The fourth-order valence-corrected chi connectivity index (χ4v) is 5.09.